The van der Waals surface area contributed by atoms with Crippen molar-refractivity contribution in [2.45, 2.75) is 26.1 Å². The molecule has 0 bridgehead atoms. The van der Waals surface area contributed by atoms with E-state index in [1.165, 1.54) is 6.07 Å². The molecular weight excluding hydrogens is 313 g/mol. The molecule has 0 spiro atoms. The molecule has 0 aliphatic rings. The summed E-state index contributed by atoms with van der Waals surface area (Å²) in [6, 6.07) is 24.9. The SMILES string of the molecule is C[C@@H](NCc1ccc(OCc2ccccc2)cc1)c1ccccc1F. The minimum Gasteiger partial charge on any atom is -0.489 e. The summed E-state index contributed by atoms with van der Waals surface area (Å²) in [7, 11) is 0. The minimum atomic E-state index is -0.174. The van der Waals surface area contributed by atoms with Crippen LogP contribution in [-0.2, 0) is 13.2 Å². The fourth-order valence-corrected chi connectivity index (χ4v) is 2.65. The van der Waals surface area contributed by atoms with Crippen molar-refractivity contribution in [2.24, 2.45) is 0 Å². The third-order valence-corrected chi connectivity index (χ3v) is 4.16. The van der Waals surface area contributed by atoms with Crippen LogP contribution in [0.25, 0.3) is 0 Å². The van der Waals surface area contributed by atoms with Gasteiger partial charge in [-0.15, -0.1) is 0 Å². The van der Waals surface area contributed by atoms with Crippen LogP contribution in [0.4, 0.5) is 4.39 Å². The predicted octanol–water partition coefficient (Wildman–Crippen LogP) is 5.26. The molecule has 0 saturated carbocycles. The fourth-order valence-electron chi connectivity index (χ4n) is 2.65. The van der Waals surface area contributed by atoms with Crippen molar-refractivity contribution in [3.8, 4) is 5.75 Å². The molecule has 0 radical (unpaired) electrons. The van der Waals surface area contributed by atoms with E-state index in [4.69, 9.17) is 4.74 Å². The lowest BCUT2D eigenvalue weighted by Crippen LogP contribution is -2.19. The predicted molar refractivity (Wildman–Crippen MR) is 98.9 cm³/mol. The van der Waals surface area contributed by atoms with E-state index in [0.717, 1.165) is 16.9 Å². The molecule has 3 aromatic rings. The Hall–Kier alpha value is -2.65. The van der Waals surface area contributed by atoms with E-state index in [1.807, 2.05) is 73.7 Å². The third-order valence-electron chi connectivity index (χ3n) is 4.16. The summed E-state index contributed by atoms with van der Waals surface area (Å²) in [6.45, 7) is 3.20. The molecule has 0 unspecified atom stereocenters. The van der Waals surface area contributed by atoms with Gasteiger partial charge in [0, 0.05) is 18.2 Å². The molecular formula is C22H22FNO. The van der Waals surface area contributed by atoms with Gasteiger partial charge in [-0.3, -0.25) is 0 Å². The maximum absolute atomic E-state index is 13.8. The normalized spacial score (nSPS) is 11.9. The molecule has 128 valence electrons. The Labute approximate surface area is 148 Å². The molecule has 1 N–H and O–H groups in total. The summed E-state index contributed by atoms with van der Waals surface area (Å²) in [5, 5.41) is 3.35. The third kappa shape index (κ3) is 4.91. The molecule has 25 heavy (non-hydrogen) atoms. The first-order valence-electron chi connectivity index (χ1n) is 8.46. The van der Waals surface area contributed by atoms with E-state index in [1.54, 1.807) is 6.07 Å². The first-order chi connectivity index (χ1) is 12.2. The van der Waals surface area contributed by atoms with Crippen molar-refractivity contribution in [3.63, 3.8) is 0 Å². The van der Waals surface area contributed by atoms with Crippen molar-refractivity contribution in [2.75, 3.05) is 0 Å². The van der Waals surface area contributed by atoms with Gasteiger partial charge in [0.15, 0.2) is 0 Å². The zero-order valence-corrected chi connectivity index (χ0v) is 14.3. The van der Waals surface area contributed by atoms with E-state index < -0.39 is 0 Å². The molecule has 3 heteroatoms. The molecule has 0 amide bonds. The lowest BCUT2D eigenvalue weighted by molar-refractivity contribution is 0.306. The van der Waals surface area contributed by atoms with Crippen LogP contribution >= 0.6 is 0 Å². The summed E-state index contributed by atoms with van der Waals surface area (Å²) in [4.78, 5) is 0. The van der Waals surface area contributed by atoms with Gasteiger partial charge >= 0.3 is 0 Å². The van der Waals surface area contributed by atoms with Gasteiger partial charge in [-0.25, -0.2) is 4.39 Å². The highest BCUT2D eigenvalue weighted by molar-refractivity contribution is 5.28. The smallest absolute Gasteiger partial charge is 0.127 e. The van der Waals surface area contributed by atoms with Gasteiger partial charge in [-0.05, 0) is 36.2 Å². The number of rotatable bonds is 7. The lowest BCUT2D eigenvalue weighted by Gasteiger charge is -2.15. The van der Waals surface area contributed by atoms with Gasteiger partial charge in [0.1, 0.15) is 18.2 Å². The molecule has 2 nitrogen and oxygen atoms in total. The maximum Gasteiger partial charge on any atom is 0.127 e. The van der Waals surface area contributed by atoms with Crippen LogP contribution in [0.1, 0.15) is 29.7 Å². The summed E-state index contributed by atoms with van der Waals surface area (Å²) in [5.41, 5.74) is 2.97. The van der Waals surface area contributed by atoms with Gasteiger partial charge < -0.3 is 10.1 Å². The van der Waals surface area contributed by atoms with E-state index in [9.17, 15) is 4.39 Å². The molecule has 0 fully saturated rings. The molecule has 3 rings (SSSR count). The number of hydrogen-bond acceptors (Lipinski definition) is 2. The summed E-state index contributed by atoms with van der Waals surface area (Å²) < 4.78 is 19.6. The van der Waals surface area contributed by atoms with E-state index >= 15 is 0 Å². The van der Waals surface area contributed by atoms with Crippen molar-refractivity contribution in [1.29, 1.82) is 0 Å². The van der Waals surface area contributed by atoms with E-state index in [-0.39, 0.29) is 11.9 Å². The average molecular weight is 335 g/mol. The Morgan fingerprint density at radius 3 is 2.24 bits per heavy atom. The molecule has 0 aliphatic carbocycles. The Balaban J connectivity index is 1.51. The Bertz CT molecular complexity index is 787. The van der Waals surface area contributed by atoms with Gasteiger partial charge in [-0.1, -0.05) is 60.7 Å². The quantitative estimate of drug-likeness (QED) is 0.636. The number of hydrogen-bond donors (Lipinski definition) is 1. The lowest BCUT2D eigenvalue weighted by atomic mass is 10.1. The van der Waals surface area contributed by atoms with Crippen LogP contribution < -0.4 is 10.1 Å². The average Bonchev–Trinajstić information content (AvgIpc) is 2.66. The van der Waals surface area contributed by atoms with Crippen LogP contribution in [0.3, 0.4) is 0 Å². The number of halogens is 1. The first-order valence-corrected chi connectivity index (χ1v) is 8.46. The minimum absolute atomic E-state index is 0.0461. The van der Waals surface area contributed by atoms with Gasteiger partial charge in [0.2, 0.25) is 0 Å². The second-order valence-corrected chi connectivity index (χ2v) is 6.04. The van der Waals surface area contributed by atoms with Crippen LogP contribution in [0.15, 0.2) is 78.9 Å². The molecule has 0 heterocycles. The van der Waals surface area contributed by atoms with Gasteiger partial charge in [-0.2, -0.15) is 0 Å². The molecule has 0 aromatic heterocycles. The van der Waals surface area contributed by atoms with E-state index in [2.05, 4.69) is 5.32 Å². The Morgan fingerprint density at radius 1 is 0.840 bits per heavy atom. The standard InChI is InChI=1S/C22H22FNO/c1-17(21-9-5-6-10-22(21)23)24-15-18-11-13-20(14-12-18)25-16-19-7-3-2-4-8-19/h2-14,17,24H,15-16H2,1H3/t17-/m1/s1. The zero-order valence-electron chi connectivity index (χ0n) is 14.3. The van der Waals surface area contributed by atoms with Gasteiger partial charge in [0.25, 0.3) is 0 Å². The maximum atomic E-state index is 13.8. The summed E-state index contributed by atoms with van der Waals surface area (Å²) >= 11 is 0. The highest BCUT2D eigenvalue weighted by atomic mass is 19.1. The molecule has 1 atom stereocenters. The molecule has 3 aromatic carbocycles. The highest BCUT2D eigenvalue weighted by Crippen LogP contribution is 2.18. The zero-order chi connectivity index (χ0) is 17.5. The monoisotopic (exact) mass is 335 g/mol. The second-order valence-electron chi connectivity index (χ2n) is 6.04. The largest absolute Gasteiger partial charge is 0.489 e. The van der Waals surface area contributed by atoms with Crippen LogP contribution in [0.2, 0.25) is 0 Å². The molecule has 0 saturated heterocycles. The number of nitrogens with one attached hydrogen (secondary N) is 1. The van der Waals surface area contributed by atoms with Crippen molar-refractivity contribution < 1.29 is 9.13 Å². The van der Waals surface area contributed by atoms with E-state index in [0.29, 0.717) is 18.7 Å². The Morgan fingerprint density at radius 2 is 1.52 bits per heavy atom. The van der Waals surface area contributed by atoms with Crippen LogP contribution in [0, 0.1) is 5.82 Å². The second kappa shape index (κ2) is 8.45. The van der Waals surface area contributed by atoms with Crippen LogP contribution in [0.5, 0.6) is 5.75 Å². The summed E-state index contributed by atoms with van der Waals surface area (Å²) in [5.74, 6) is 0.668. The number of benzene rings is 3. The number of ether oxygens (including phenoxy) is 1. The van der Waals surface area contributed by atoms with Crippen molar-refractivity contribution in [1.82, 2.24) is 5.32 Å². The fraction of sp³-hybridized carbons (Fsp3) is 0.182. The summed E-state index contributed by atoms with van der Waals surface area (Å²) in [6.07, 6.45) is 0. The first kappa shape index (κ1) is 17.2. The van der Waals surface area contributed by atoms with Crippen LogP contribution in [-0.4, -0.2) is 0 Å². The van der Waals surface area contributed by atoms with Gasteiger partial charge in [0.05, 0.1) is 0 Å². The topological polar surface area (TPSA) is 21.3 Å². The molecule has 0 aliphatic heterocycles. The highest BCUT2D eigenvalue weighted by Gasteiger charge is 2.09. The Kier molecular flexibility index (Phi) is 5.81. The van der Waals surface area contributed by atoms with Crippen molar-refractivity contribution >= 4 is 0 Å². The van der Waals surface area contributed by atoms with Crippen molar-refractivity contribution in [3.05, 3.63) is 101 Å².